The summed E-state index contributed by atoms with van der Waals surface area (Å²) in [5.41, 5.74) is 5.71. The van der Waals surface area contributed by atoms with E-state index in [0.29, 0.717) is 5.92 Å². The maximum Gasteiger partial charge on any atom is 0.397 e. The molecule has 1 heterocycles. The highest BCUT2D eigenvalue weighted by Crippen LogP contribution is 2.38. The van der Waals surface area contributed by atoms with Gasteiger partial charge in [0.05, 0.1) is 6.04 Å². The molecule has 0 aliphatic heterocycles. The Hall–Kier alpha value is -1.11. The van der Waals surface area contributed by atoms with Gasteiger partial charge < -0.3 is 10.3 Å². The van der Waals surface area contributed by atoms with Crippen LogP contribution in [0.15, 0.2) is 4.52 Å². The molecule has 15 heavy (non-hydrogen) atoms. The average molecular weight is 221 g/mol. The van der Waals surface area contributed by atoms with Crippen LogP contribution in [0.25, 0.3) is 0 Å². The van der Waals surface area contributed by atoms with E-state index in [-0.39, 0.29) is 5.82 Å². The lowest BCUT2D eigenvalue weighted by Crippen LogP contribution is -2.15. The van der Waals surface area contributed by atoms with E-state index in [1.165, 1.54) is 0 Å². The maximum atomic E-state index is 12.0. The van der Waals surface area contributed by atoms with Gasteiger partial charge in [0.1, 0.15) is 6.42 Å². The molecule has 1 fully saturated rings. The lowest BCUT2D eigenvalue weighted by Gasteiger charge is -2.02. The minimum atomic E-state index is -4.33. The van der Waals surface area contributed by atoms with E-state index in [4.69, 9.17) is 5.73 Å². The van der Waals surface area contributed by atoms with Crippen molar-refractivity contribution < 1.29 is 17.7 Å². The number of halogens is 3. The monoisotopic (exact) mass is 221 g/mol. The normalized spacial score (nSPS) is 19.2. The van der Waals surface area contributed by atoms with E-state index in [0.717, 1.165) is 12.8 Å². The fourth-order valence-electron chi connectivity index (χ4n) is 1.31. The van der Waals surface area contributed by atoms with Crippen molar-refractivity contribution in [2.45, 2.75) is 31.5 Å². The molecule has 1 unspecified atom stereocenters. The topological polar surface area (TPSA) is 64.9 Å². The van der Waals surface area contributed by atoms with Crippen molar-refractivity contribution in [3.63, 3.8) is 0 Å². The van der Waals surface area contributed by atoms with Gasteiger partial charge in [-0.25, -0.2) is 0 Å². The first kappa shape index (κ1) is 10.4. The third-order valence-corrected chi connectivity index (χ3v) is 2.26. The van der Waals surface area contributed by atoms with Gasteiger partial charge in [0, 0.05) is 0 Å². The number of rotatable bonds is 3. The third-order valence-electron chi connectivity index (χ3n) is 2.26. The van der Waals surface area contributed by atoms with E-state index in [1.807, 2.05) is 0 Å². The van der Waals surface area contributed by atoms with Crippen LogP contribution in [-0.4, -0.2) is 16.3 Å². The number of hydrogen-bond donors (Lipinski definition) is 1. The smallest absolute Gasteiger partial charge is 0.339 e. The molecule has 1 aliphatic carbocycles. The molecule has 0 spiro atoms. The molecule has 2 N–H and O–H groups in total. The fraction of sp³-hybridized carbons (Fsp3) is 0.750. The highest BCUT2D eigenvalue weighted by atomic mass is 19.4. The number of nitrogens with zero attached hydrogens (tertiary/aromatic N) is 2. The first-order valence-electron chi connectivity index (χ1n) is 4.60. The molecular weight excluding hydrogens is 211 g/mol. The molecule has 0 saturated heterocycles. The molecule has 1 saturated carbocycles. The molecule has 0 aromatic carbocycles. The summed E-state index contributed by atoms with van der Waals surface area (Å²) in [5.74, 6) is 0.0479. The van der Waals surface area contributed by atoms with Gasteiger partial charge in [0.25, 0.3) is 0 Å². The zero-order chi connectivity index (χ0) is 11.1. The van der Waals surface area contributed by atoms with E-state index in [2.05, 4.69) is 14.7 Å². The summed E-state index contributed by atoms with van der Waals surface area (Å²) in [5, 5.41) is 3.45. The summed E-state index contributed by atoms with van der Waals surface area (Å²) in [7, 11) is 0. The minimum Gasteiger partial charge on any atom is -0.339 e. The molecule has 1 aliphatic rings. The number of alkyl halides is 3. The number of nitrogens with two attached hydrogens (primary N) is 1. The van der Waals surface area contributed by atoms with Crippen LogP contribution in [0.2, 0.25) is 0 Å². The van der Waals surface area contributed by atoms with E-state index >= 15 is 0 Å². The van der Waals surface area contributed by atoms with Gasteiger partial charge in [0.15, 0.2) is 5.82 Å². The Morgan fingerprint density at radius 3 is 2.67 bits per heavy atom. The molecule has 84 valence electrons. The van der Waals surface area contributed by atoms with Crippen molar-refractivity contribution in [2.24, 2.45) is 11.7 Å². The van der Waals surface area contributed by atoms with Crippen LogP contribution in [0.3, 0.4) is 0 Å². The lowest BCUT2D eigenvalue weighted by molar-refractivity contribution is -0.131. The summed E-state index contributed by atoms with van der Waals surface area (Å²) in [6.45, 7) is 0. The van der Waals surface area contributed by atoms with Gasteiger partial charge in [-0.3, -0.25) is 0 Å². The SMILES string of the molecule is NC(c1noc(CC(F)(F)F)n1)C1CC1. The van der Waals surface area contributed by atoms with Crippen LogP contribution in [0, 0.1) is 5.92 Å². The minimum absolute atomic E-state index is 0.178. The lowest BCUT2D eigenvalue weighted by atomic mass is 10.2. The van der Waals surface area contributed by atoms with Crippen molar-refractivity contribution in [2.75, 3.05) is 0 Å². The maximum absolute atomic E-state index is 12.0. The van der Waals surface area contributed by atoms with Crippen molar-refractivity contribution in [3.8, 4) is 0 Å². The molecule has 1 atom stereocenters. The Morgan fingerprint density at radius 1 is 1.47 bits per heavy atom. The average Bonchev–Trinajstić information content (AvgIpc) is 2.85. The summed E-state index contributed by atoms with van der Waals surface area (Å²) in [4.78, 5) is 3.63. The van der Waals surface area contributed by atoms with Gasteiger partial charge in [-0.05, 0) is 18.8 Å². The van der Waals surface area contributed by atoms with Crippen molar-refractivity contribution in [3.05, 3.63) is 11.7 Å². The second-order valence-corrected chi connectivity index (χ2v) is 3.70. The molecule has 0 bridgehead atoms. The summed E-state index contributed by atoms with van der Waals surface area (Å²) in [6.07, 6.45) is -3.57. The summed E-state index contributed by atoms with van der Waals surface area (Å²) in [6, 6.07) is -0.393. The molecular formula is C8H10F3N3O. The van der Waals surface area contributed by atoms with Crippen LogP contribution in [0.5, 0.6) is 0 Å². The Labute approximate surface area is 83.6 Å². The Balaban J connectivity index is 2.03. The van der Waals surface area contributed by atoms with Crippen LogP contribution >= 0.6 is 0 Å². The first-order chi connectivity index (χ1) is 6.96. The van der Waals surface area contributed by atoms with E-state index < -0.39 is 24.5 Å². The summed E-state index contributed by atoms with van der Waals surface area (Å²) >= 11 is 0. The molecule has 1 aromatic rings. The van der Waals surface area contributed by atoms with Crippen LogP contribution < -0.4 is 5.73 Å². The number of aromatic nitrogens is 2. The standard InChI is InChI=1S/C8H10F3N3O/c9-8(10,11)3-5-13-7(14-15-5)6(12)4-1-2-4/h4,6H,1-3,12H2. The molecule has 4 nitrogen and oxygen atoms in total. The van der Waals surface area contributed by atoms with Crippen molar-refractivity contribution >= 4 is 0 Å². The quantitative estimate of drug-likeness (QED) is 0.841. The van der Waals surface area contributed by atoms with Crippen LogP contribution in [0.4, 0.5) is 13.2 Å². The largest absolute Gasteiger partial charge is 0.397 e. The predicted octanol–water partition coefficient (Wildman–Crippen LogP) is 1.58. The van der Waals surface area contributed by atoms with Crippen LogP contribution in [-0.2, 0) is 6.42 Å². The Bertz CT molecular complexity index is 345. The molecule has 2 rings (SSSR count). The summed E-state index contributed by atoms with van der Waals surface area (Å²) < 4.78 is 40.4. The van der Waals surface area contributed by atoms with E-state index in [1.54, 1.807) is 0 Å². The first-order valence-corrected chi connectivity index (χ1v) is 4.60. The highest BCUT2D eigenvalue weighted by Gasteiger charge is 2.35. The molecule has 0 radical (unpaired) electrons. The Morgan fingerprint density at radius 2 is 2.13 bits per heavy atom. The fourth-order valence-corrected chi connectivity index (χ4v) is 1.31. The zero-order valence-electron chi connectivity index (χ0n) is 7.79. The highest BCUT2D eigenvalue weighted by molar-refractivity contribution is 5.00. The van der Waals surface area contributed by atoms with Gasteiger partial charge in [-0.1, -0.05) is 5.16 Å². The zero-order valence-corrected chi connectivity index (χ0v) is 7.79. The van der Waals surface area contributed by atoms with Crippen molar-refractivity contribution in [1.29, 1.82) is 0 Å². The van der Waals surface area contributed by atoms with Gasteiger partial charge in [-0.2, -0.15) is 18.2 Å². The molecule has 1 aromatic heterocycles. The van der Waals surface area contributed by atoms with Gasteiger partial charge in [0.2, 0.25) is 5.89 Å². The predicted molar refractivity (Wildman–Crippen MR) is 43.7 cm³/mol. The Kier molecular flexibility index (Phi) is 2.41. The van der Waals surface area contributed by atoms with Crippen molar-refractivity contribution in [1.82, 2.24) is 10.1 Å². The second-order valence-electron chi connectivity index (χ2n) is 3.70. The molecule has 0 amide bonds. The second kappa shape index (κ2) is 3.48. The number of hydrogen-bond acceptors (Lipinski definition) is 4. The van der Waals surface area contributed by atoms with Crippen LogP contribution in [0.1, 0.15) is 30.6 Å². The third kappa shape index (κ3) is 2.68. The molecule has 7 heteroatoms. The van der Waals surface area contributed by atoms with Gasteiger partial charge >= 0.3 is 6.18 Å². The van der Waals surface area contributed by atoms with E-state index in [9.17, 15) is 13.2 Å². The van der Waals surface area contributed by atoms with Gasteiger partial charge in [-0.15, -0.1) is 0 Å².